The van der Waals surface area contributed by atoms with Gasteiger partial charge in [-0.25, -0.2) is 22.8 Å². The Kier molecular flexibility index (Phi) is 6.52. The number of pyridine rings is 1. The summed E-state index contributed by atoms with van der Waals surface area (Å²) in [6.45, 7) is 4.90. The van der Waals surface area contributed by atoms with Gasteiger partial charge < -0.3 is 14.1 Å². The fraction of sp³-hybridized carbons (Fsp3) is 0.318. The molecule has 4 heterocycles. The predicted octanol–water partition coefficient (Wildman–Crippen LogP) is 2.57. The molecule has 4 aromatic rings. The smallest absolute Gasteiger partial charge is 0.276 e. The van der Waals surface area contributed by atoms with Crippen molar-refractivity contribution in [2.45, 2.75) is 37.7 Å². The predicted molar refractivity (Wildman–Crippen MR) is 123 cm³/mol. The van der Waals surface area contributed by atoms with Crippen molar-refractivity contribution in [2.75, 3.05) is 7.11 Å². The quantitative estimate of drug-likeness (QED) is 0.384. The van der Waals surface area contributed by atoms with E-state index in [1.807, 2.05) is 0 Å². The Balaban J connectivity index is 1.80. The highest BCUT2D eigenvalue weighted by molar-refractivity contribution is 7.91. The van der Waals surface area contributed by atoms with Gasteiger partial charge >= 0.3 is 0 Å². The number of sulfone groups is 1. The van der Waals surface area contributed by atoms with Crippen LogP contribution in [0.5, 0.6) is 5.75 Å². The molecule has 0 radical (unpaired) electrons. The molecule has 1 N–H and O–H groups in total. The number of nitrogens with one attached hydrogen (secondary N) is 1. The molecular formula is C22H23FN6O5S. The second-order valence-electron chi connectivity index (χ2n) is 7.97. The number of rotatable bonds is 8. The minimum atomic E-state index is -3.88. The normalized spacial score (nSPS) is 13.5. The van der Waals surface area contributed by atoms with Crippen LogP contribution in [0.25, 0.3) is 17.3 Å². The van der Waals surface area contributed by atoms with Crippen LogP contribution < -0.4 is 10.3 Å². The van der Waals surface area contributed by atoms with E-state index in [-0.39, 0.29) is 28.9 Å². The van der Waals surface area contributed by atoms with Crippen molar-refractivity contribution in [1.82, 2.24) is 29.7 Å². The molecule has 0 amide bonds. The molecule has 0 unspecified atom stereocenters. The summed E-state index contributed by atoms with van der Waals surface area (Å²) in [4.78, 5) is 23.2. The molecular weight excluding hydrogens is 479 g/mol. The van der Waals surface area contributed by atoms with Crippen LogP contribution in [0.15, 0.2) is 46.0 Å². The van der Waals surface area contributed by atoms with Gasteiger partial charge in [0.2, 0.25) is 5.82 Å². The minimum absolute atomic E-state index is 0.0109. The first-order valence-electron chi connectivity index (χ1n) is 10.6. The number of furan rings is 1. The van der Waals surface area contributed by atoms with Crippen LogP contribution >= 0.6 is 0 Å². The fourth-order valence-electron chi connectivity index (χ4n) is 3.58. The van der Waals surface area contributed by atoms with Crippen molar-refractivity contribution >= 4 is 9.84 Å². The van der Waals surface area contributed by atoms with Gasteiger partial charge in [0.25, 0.3) is 5.56 Å². The van der Waals surface area contributed by atoms with Crippen LogP contribution in [0, 0.1) is 12.7 Å². The van der Waals surface area contributed by atoms with Gasteiger partial charge in [-0.05, 0) is 32.0 Å². The third-order valence-corrected chi connectivity index (χ3v) is 7.88. The van der Waals surface area contributed by atoms with Crippen LogP contribution in [0.2, 0.25) is 0 Å². The molecule has 0 aliphatic heterocycles. The number of methoxy groups -OCH3 is 1. The first-order chi connectivity index (χ1) is 16.6. The standard InChI is InChI=1S/C22H23FN6O5S/c1-12-5-6-17(34-12)21-28-27-18(29(21)19-16(33-4)7-8-24-22(19)30)11-35(31,32)14(3)13(2)20-25-9-15(23)10-26-20/h5-10,13-14H,11H2,1-4H3,(H,24,30)/t13-,14-/m0/s1. The average Bonchev–Trinajstić information content (AvgIpc) is 3.43. The van der Waals surface area contributed by atoms with E-state index < -0.39 is 38.1 Å². The number of nitrogens with zero attached hydrogens (tertiary/aromatic N) is 5. The van der Waals surface area contributed by atoms with E-state index in [0.717, 1.165) is 12.4 Å². The lowest BCUT2D eigenvalue weighted by molar-refractivity contribution is 0.411. The molecule has 0 bridgehead atoms. The third-order valence-electron chi connectivity index (χ3n) is 5.68. The molecule has 0 spiro atoms. The van der Waals surface area contributed by atoms with Gasteiger partial charge in [0.1, 0.15) is 23.1 Å². The monoisotopic (exact) mass is 502 g/mol. The summed E-state index contributed by atoms with van der Waals surface area (Å²) in [5.74, 6) is -0.404. The summed E-state index contributed by atoms with van der Waals surface area (Å²) < 4.78 is 52.4. The lowest BCUT2D eigenvalue weighted by Gasteiger charge is -2.19. The number of aromatic amines is 1. The fourth-order valence-corrected chi connectivity index (χ4v) is 5.13. The number of hydrogen-bond acceptors (Lipinski definition) is 9. The first-order valence-corrected chi connectivity index (χ1v) is 12.3. The van der Waals surface area contributed by atoms with E-state index in [1.165, 1.54) is 30.9 Å². The first kappa shape index (κ1) is 24.3. The molecule has 0 saturated carbocycles. The highest BCUT2D eigenvalue weighted by Gasteiger charge is 2.33. The largest absolute Gasteiger partial charge is 0.494 e. The Hall–Kier alpha value is -3.87. The Labute approximate surface area is 200 Å². The summed E-state index contributed by atoms with van der Waals surface area (Å²) in [7, 11) is -2.49. The zero-order valence-corrected chi connectivity index (χ0v) is 20.2. The van der Waals surface area contributed by atoms with Crippen molar-refractivity contribution in [3.63, 3.8) is 0 Å². The number of aromatic nitrogens is 6. The Morgan fingerprint density at radius 1 is 1.17 bits per heavy atom. The van der Waals surface area contributed by atoms with Crippen molar-refractivity contribution in [3.05, 3.63) is 70.4 Å². The summed E-state index contributed by atoms with van der Waals surface area (Å²) in [6.07, 6.45) is 3.38. The van der Waals surface area contributed by atoms with E-state index in [4.69, 9.17) is 9.15 Å². The van der Waals surface area contributed by atoms with Gasteiger partial charge in [-0.15, -0.1) is 10.2 Å². The van der Waals surface area contributed by atoms with Crippen molar-refractivity contribution in [3.8, 4) is 23.0 Å². The average molecular weight is 503 g/mol. The number of aryl methyl sites for hydroxylation is 1. The van der Waals surface area contributed by atoms with Crippen molar-refractivity contribution in [1.29, 1.82) is 0 Å². The van der Waals surface area contributed by atoms with E-state index in [1.54, 1.807) is 26.0 Å². The maximum atomic E-state index is 13.4. The summed E-state index contributed by atoms with van der Waals surface area (Å²) in [5, 5.41) is 7.26. The highest BCUT2D eigenvalue weighted by Crippen LogP contribution is 2.30. The number of ether oxygens (including phenoxy) is 1. The summed E-state index contributed by atoms with van der Waals surface area (Å²) >= 11 is 0. The van der Waals surface area contributed by atoms with Gasteiger partial charge in [0, 0.05) is 12.1 Å². The Bertz CT molecular complexity index is 1510. The minimum Gasteiger partial charge on any atom is -0.494 e. The van der Waals surface area contributed by atoms with E-state index in [2.05, 4.69) is 25.1 Å². The Morgan fingerprint density at radius 2 is 1.89 bits per heavy atom. The molecule has 0 aromatic carbocycles. The van der Waals surface area contributed by atoms with E-state index in [9.17, 15) is 17.6 Å². The maximum Gasteiger partial charge on any atom is 0.276 e. The summed E-state index contributed by atoms with van der Waals surface area (Å²) in [6, 6.07) is 4.89. The highest BCUT2D eigenvalue weighted by atomic mass is 32.2. The van der Waals surface area contributed by atoms with Gasteiger partial charge in [-0.2, -0.15) is 0 Å². The van der Waals surface area contributed by atoms with Gasteiger partial charge in [0.05, 0.1) is 24.8 Å². The lowest BCUT2D eigenvalue weighted by atomic mass is 10.1. The lowest BCUT2D eigenvalue weighted by Crippen LogP contribution is -2.28. The van der Waals surface area contributed by atoms with Gasteiger partial charge in [0.15, 0.2) is 32.9 Å². The van der Waals surface area contributed by atoms with Crippen LogP contribution in [0.4, 0.5) is 4.39 Å². The molecule has 4 aromatic heterocycles. The molecule has 0 aliphatic rings. The molecule has 11 nitrogen and oxygen atoms in total. The summed E-state index contributed by atoms with van der Waals surface area (Å²) in [5.41, 5.74) is -0.523. The molecule has 0 saturated heterocycles. The second-order valence-corrected chi connectivity index (χ2v) is 10.3. The molecule has 0 aliphatic carbocycles. The number of H-pyrrole nitrogens is 1. The van der Waals surface area contributed by atoms with E-state index in [0.29, 0.717) is 11.5 Å². The number of halogens is 1. The van der Waals surface area contributed by atoms with Crippen LogP contribution in [0.3, 0.4) is 0 Å². The molecule has 2 atom stereocenters. The molecule has 13 heteroatoms. The van der Waals surface area contributed by atoms with Crippen LogP contribution in [-0.4, -0.2) is 50.5 Å². The third kappa shape index (κ3) is 4.71. The van der Waals surface area contributed by atoms with Crippen LogP contribution in [-0.2, 0) is 15.6 Å². The Morgan fingerprint density at radius 3 is 2.51 bits per heavy atom. The SMILES string of the molecule is COc1cc[nH]c(=O)c1-n1c(CS(=O)(=O)[C@@H](C)[C@H](C)c2ncc(F)cn2)nnc1-c1ccc(C)o1. The molecule has 0 fully saturated rings. The van der Waals surface area contributed by atoms with Crippen molar-refractivity contribution < 1.29 is 22.0 Å². The zero-order chi connectivity index (χ0) is 25.3. The van der Waals surface area contributed by atoms with Crippen LogP contribution in [0.1, 0.15) is 37.2 Å². The van der Waals surface area contributed by atoms with E-state index >= 15 is 0 Å². The zero-order valence-electron chi connectivity index (χ0n) is 19.4. The maximum absolute atomic E-state index is 13.4. The topological polar surface area (TPSA) is 146 Å². The molecule has 184 valence electrons. The van der Waals surface area contributed by atoms with Crippen molar-refractivity contribution in [2.24, 2.45) is 0 Å². The van der Waals surface area contributed by atoms with Gasteiger partial charge in [-0.1, -0.05) is 6.92 Å². The number of hydrogen-bond donors (Lipinski definition) is 1. The second kappa shape index (κ2) is 9.41. The molecule has 35 heavy (non-hydrogen) atoms. The molecule has 4 rings (SSSR count). The van der Waals surface area contributed by atoms with Gasteiger partial charge in [-0.3, -0.25) is 9.36 Å².